The summed E-state index contributed by atoms with van der Waals surface area (Å²) in [5.74, 6) is 0. The molecule has 1 rings (SSSR count). The summed E-state index contributed by atoms with van der Waals surface area (Å²) in [6.45, 7) is 7.49. The van der Waals surface area contributed by atoms with E-state index in [1.807, 2.05) is 18.5 Å². The number of nitrogens with zero attached hydrogens (tertiary/aromatic N) is 2. The predicted octanol–water partition coefficient (Wildman–Crippen LogP) is 2.29. The van der Waals surface area contributed by atoms with Gasteiger partial charge in [0.15, 0.2) is 0 Å². The molecule has 0 saturated heterocycles. The van der Waals surface area contributed by atoms with Crippen molar-refractivity contribution in [3.8, 4) is 0 Å². The van der Waals surface area contributed by atoms with Gasteiger partial charge in [-0.3, -0.25) is 9.88 Å². The highest BCUT2D eigenvalue weighted by molar-refractivity contribution is 5.08. The van der Waals surface area contributed by atoms with Crippen LogP contribution in [0.1, 0.15) is 32.3 Å². The Hall–Kier alpha value is -0.930. The van der Waals surface area contributed by atoms with Crippen LogP contribution in [-0.2, 0) is 6.54 Å². The normalized spacial score (nSPS) is 12.9. The maximum atomic E-state index is 4.16. The molecule has 3 heteroatoms. The van der Waals surface area contributed by atoms with E-state index in [4.69, 9.17) is 0 Å². The summed E-state index contributed by atoms with van der Waals surface area (Å²) in [5, 5.41) is 3.44. The third-order valence-electron chi connectivity index (χ3n) is 3.03. The van der Waals surface area contributed by atoms with E-state index in [9.17, 15) is 0 Å². The largest absolute Gasteiger partial charge is 0.315 e. The van der Waals surface area contributed by atoms with Gasteiger partial charge in [-0.25, -0.2) is 0 Å². The van der Waals surface area contributed by atoms with Gasteiger partial charge in [-0.2, -0.15) is 0 Å². The molecule has 0 radical (unpaired) electrons. The van der Waals surface area contributed by atoms with Crippen molar-refractivity contribution in [2.75, 3.05) is 20.1 Å². The number of pyridine rings is 1. The molecule has 1 N–H and O–H groups in total. The van der Waals surface area contributed by atoms with Crippen molar-refractivity contribution >= 4 is 0 Å². The van der Waals surface area contributed by atoms with Crippen LogP contribution in [0.15, 0.2) is 24.5 Å². The maximum absolute atomic E-state index is 4.16. The van der Waals surface area contributed by atoms with Gasteiger partial charge in [-0.15, -0.1) is 0 Å². The van der Waals surface area contributed by atoms with Crippen LogP contribution in [0.25, 0.3) is 0 Å². The van der Waals surface area contributed by atoms with Gasteiger partial charge in [0.05, 0.1) is 0 Å². The lowest BCUT2D eigenvalue weighted by Crippen LogP contribution is -2.39. The van der Waals surface area contributed by atoms with Crippen LogP contribution in [0.4, 0.5) is 0 Å². The van der Waals surface area contributed by atoms with E-state index in [1.54, 1.807) is 0 Å². The number of hydrogen-bond acceptors (Lipinski definition) is 3. The minimum Gasteiger partial charge on any atom is -0.315 e. The van der Waals surface area contributed by atoms with Crippen molar-refractivity contribution < 1.29 is 0 Å². The van der Waals surface area contributed by atoms with Crippen LogP contribution in [0.2, 0.25) is 0 Å². The predicted molar refractivity (Wildman–Crippen MR) is 72.9 cm³/mol. The van der Waals surface area contributed by atoms with E-state index in [-0.39, 0.29) is 0 Å². The number of hydrogen-bond donors (Lipinski definition) is 1. The third kappa shape index (κ3) is 5.29. The van der Waals surface area contributed by atoms with Gasteiger partial charge >= 0.3 is 0 Å². The molecule has 0 spiro atoms. The van der Waals surface area contributed by atoms with Crippen molar-refractivity contribution in [2.45, 2.75) is 39.3 Å². The highest BCUT2D eigenvalue weighted by atomic mass is 15.1. The lowest BCUT2D eigenvalue weighted by atomic mass is 10.1. The van der Waals surface area contributed by atoms with Crippen LogP contribution in [0.3, 0.4) is 0 Å². The van der Waals surface area contributed by atoms with Gasteiger partial charge < -0.3 is 5.32 Å². The Kier molecular flexibility index (Phi) is 6.82. The average Bonchev–Trinajstić information content (AvgIpc) is 2.35. The first-order chi connectivity index (χ1) is 8.27. The summed E-state index contributed by atoms with van der Waals surface area (Å²) in [5.41, 5.74) is 1.28. The molecule has 0 amide bonds. The molecule has 1 heterocycles. The van der Waals surface area contributed by atoms with Crippen molar-refractivity contribution in [3.05, 3.63) is 30.1 Å². The molecule has 1 aromatic rings. The SMILES string of the molecule is CCCC(CNCC)N(C)Cc1cccnc1. The molecule has 3 nitrogen and oxygen atoms in total. The van der Waals surface area contributed by atoms with Gasteiger partial charge in [0.1, 0.15) is 0 Å². The molecule has 0 fully saturated rings. The van der Waals surface area contributed by atoms with E-state index in [0.717, 1.165) is 19.6 Å². The number of likely N-dealkylation sites (N-methyl/N-ethyl adjacent to an activating group) is 2. The van der Waals surface area contributed by atoms with Crippen molar-refractivity contribution in [1.82, 2.24) is 15.2 Å². The molecular weight excluding hydrogens is 210 g/mol. The fourth-order valence-corrected chi connectivity index (χ4v) is 2.03. The monoisotopic (exact) mass is 235 g/mol. The molecule has 96 valence electrons. The minimum absolute atomic E-state index is 0.611. The van der Waals surface area contributed by atoms with E-state index in [2.05, 4.69) is 42.2 Å². The Morgan fingerprint density at radius 3 is 2.82 bits per heavy atom. The standard InChI is InChI=1S/C14H25N3/c1-4-7-14(11-15-5-2)17(3)12-13-8-6-9-16-10-13/h6,8-10,14-15H,4-5,7,11-12H2,1-3H3. The van der Waals surface area contributed by atoms with Crippen LogP contribution in [0, 0.1) is 0 Å². The van der Waals surface area contributed by atoms with E-state index in [1.165, 1.54) is 18.4 Å². The maximum Gasteiger partial charge on any atom is 0.0312 e. The summed E-state index contributed by atoms with van der Waals surface area (Å²) in [6.07, 6.45) is 6.25. The van der Waals surface area contributed by atoms with Gasteiger partial charge in [0.25, 0.3) is 0 Å². The lowest BCUT2D eigenvalue weighted by Gasteiger charge is -2.28. The van der Waals surface area contributed by atoms with Crippen molar-refractivity contribution in [1.29, 1.82) is 0 Å². The Balaban J connectivity index is 2.49. The highest BCUT2D eigenvalue weighted by Gasteiger charge is 2.13. The number of nitrogens with one attached hydrogen (secondary N) is 1. The third-order valence-corrected chi connectivity index (χ3v) is 3.03. The lowest BCUT2D eigenvalue weighted by molar-refractivity contribution is 0.215. The second-order valence-corrected chi connectivity index (χ2v) is 4.53. The second-order valence-electron chi connectivity index (χ2n) is 4.53. The summed E-state index contributed by atoms with van der Waals surface area (Å²) >= 11 is 0. The van der Waals surface area contributed by atoms with Gasteiger partial charge in [0.2, 0.25) is 0 Å². The fourth-order valence-electron chi connectivity index (χ4n) is 2.03. The first kappa shape index (κ1) is 14.1. The van der Waals surface area contributed by atoms with Crippen LogP contribution in [0.5, 0.6) is 0 Å². The molecule has 0 saturated carbocycles. The summed E-state index contributed by atoms with van der Waals surface area (Å²) in [4.78, 5) is 6.58. The Bertz CT molecular complexity index is 287. The molecule has 0 aromatic carbocycles. The fraction of sp³-hybridized carbons (Fsp3) is 0.643. The molecule has 17 heavy (non-hydrogen) atoms. The van der Waals surface area contributed by atoms with Crippen molar-refractivity contribution in [2.24, 2.45) is 0 Å². The molecule has 1 aromatic heterocycles. The molecule has 0 aliphatic carbocycles. The minimum atomic E-state index is 0.611. The Morgan fingerprint density at radius 2 is 2.24 bits per heavy atom. The van der Waals surface area contributed by atoms with E-state index >= 15 is 0 Å². The highest BCUT2D eigenvalue weighted by Crippen LogP contribution is 2.09. The van der Waals surface area contributed by atoms with Crippen molar-refractivity contribution in [3.63, 3.8) is 0 Å². The zero-order chi connectivity index (χ0) is 12.5. The molecule has 1 unspecified atom stereocenters. The van der Waals surface area contributed by atoms with Gasteiger partial charge in [-0.05, 0) is 31.6 Å². The Labute approximate surface area is 105 Å². The zero-order valence-electron chi connectivity index (χ0n) is 11.3. The Morgan fingerprint density at radius 1 is 1.41 bits per heavy atom. The van der Waals surface area contributed by atoms with Gasteiger partial charge in [0, 0.05) is 31.5 Å². The molecule has 1 atom stereocenters. The number of rotatable bonds is 8. The summed E-state index contributed by atoms with van der Waals surface area (Å²) in [6, 6.07) is 4.75. The first-order valence-corrected chi connectivity index (χ1v) is 6.57. The smallest absolute Gasteiger partial charge is 0.0312 e. The average molecular weight is 235 g/mol. The first-order valence-electron chi connectivity index (χ1n) is 6.57. The molecule has 0 bridgehead atoms. The van der Waals surface area contributed by atoms with Gasteiger partial charge in [-0.1, -0.05) is 26.3 Å². The topological polar surface area (TPSA) is 28.2 Å². The van der Waals surface area contributed by atoms with E-state index in [0.29, 0.717) is 6.04 Å². The zero-order valence-corrected chi connectivity index (χ0v) is 11.3. The summed E-state index contributed by atoms with van der Waals surface area (Å²) in [7, 11) is 2.20. The quantitative estimate of drug-likeness (QED) is 0.749. The van der Waals surface area contributed by atoms with Crippen LogP contribution < -0.4 is 5.32 Å². The second kappa shape index (κ2) is 8.20. The number of aromatic nitrogens is 1. The van der Waals surface area contributed by atoms with Crippen LogP contribution >= 0.6 is 0 Å². The molecular formula is C14H25N3. The molecule has 0 aliphatic rings. The van der Waals surface area contributed by atoms with Crippen LogP contribution in [-0.4, -0.2) is 36.1 Å². The van der Waals surface area contributed by atoms with E-state index < -0.39 is 0 Å². The molecule has 0 aliphatic heterocycles. The summed E-state index contributed by atoms with van der Waals surface area (Å²) < 4.78 is 0.